The Morgan fingerprint density at radius 2 is 1.46 bits per heavy atom. The first kappa shape index (κ1) is 13.0. The molecule has 0 atom stereocenters. The van der Waals surface area contributed by atoms with Gasteiger partial charge in [-0.3, -0.25) is 4.55 Å². The molecule has 0 aliphatic carbocycles. The SMILES string of the molecule is Cl.O=S(=O)(O)c1cc(Cl)cc(Cl)c1. The summed E-state index contributed by atoms with van der Waals surface area (Å²) in [5, 5.41) is 0.324. The van der Waals surface area contributed by atoms with E-state index in [1.165, 1.54) is 6.07 Å². The van der Waals surface area contributed by atoms with Gasteiger partial charge in [0.15, 0.2) is 0 Å². The quantitative estimate of drug-likeness (QED) is 0.793. The molecule has 0 spiro atoms. The summed E-state index contributed by atoms with van der Waals surface area (Å²) in [4.78, 5) is -0.306. The summed E-state index contributed by atoms with van der Waals surface area (Å²) in [5.41, 5.74) is 0. The van der Waals surface area contributed by atoms with E-state index in [2.05, 4.69) is 0 Å². The van der Waals surface area contributed by atoms with Crippen LogP contribution in [0.15, 0.2) is 23.1 Å². The van der Waals surface area contributed by atoms with Gasteiger partial charge in [-0.2, -0.15) is 8.42 Å². The van der Waals surface area contributed by atoms with E-state index in [0.29, 0.717) is 0 Å². The van der Waals surface area contributed by atoms with Crippen LogP contribution in [0.2, 0.25) is 10.0 Å². The summed E-state index contributed by atoms with van der Waals surface area (Å²) in [6, 6.07) is 3.60. The summed E-state index contributed by atoms with van der Waals surface area (Å²) in [5.74, 6) is 0. The van der Waals surface area contributed by atoms with Crippen molar-refractivity contribution in [1.82, 2.24) is 0 Å². The van der Waals surface area contributed by atoms with Crippen LogP contribution in [-0.4, -0.2) is 13.0 Å². The number of rotatable bonds is 1. The molecule has 13 heavy (non-hydrogen) atoms. The molecule has 0 aliphatic heterocycles. The van der Waals surface area contributed by atoms with Crippen LogP contribution in [0.4, 0.5) is 0 Å². The molecule has 0 bridgehead atoms. The Bertz CT molecular complexity index is 381. The molecule has 3 nitrogen and oxygen atoms in total. The van der Waals surface area contributed by atoms with Crippen LogP contribution in [0.5, 0.6) is 0 Å². The first-order valence-electron chi connectivity index (χ1n) is 2.83. The number of hydrogen-bond donors (Lipinski definition) is 1. The Labute approximate surface area is 91.8 Å². The van der Waals surface area contributed by atoms with Crippen molar-refractivity contribution in [3.63, 3.8) is 0 Å². The van der Waals surface area contributed by atoms with Gasteiger partial charge < -0.3 is 0 Å². The van der Waals surface area contributed by atoms with E-state index in [4.69, 9.17) is 27.8 Å². The van der Waals surface area contributed by atoms with Gasteiger partial charge in [-0.25, -0.2) is 0 Å². The van der Waals surface area contributed by atoms with Gasteiger partial charge in [-0.05, 0) is 18.2 Å². The van der Waals surface area contributed by atoms with Crippen LogP contribution in [0, 0.1) is 0 Å². The van der Waals surface area contributed by atoms with Crippen LogP contribution in [0.25, 0.3) is 0 Å². The lowest BCUT2D eigenvalue weighted by Crippen LogP contribution is -1.97. The smallest absolute Gasteiger partial charge is 0.282 e. The average molecular weight is 264 g/mol. The van der Waals surface area contributed by atoms with Crippen molar-refractivity contribution in [3.8, 4) is 0 Å². The Morgan fingerprint density at radius 1 is 1.08 bits per heavy atom. The van der Waals surface area contributed by atoms with Crippen LogP contribution < -0.4 is 0 Å². The van der Waals surface area contributed by atoms with E-state index in [1.807, 2.05) is 0 Å². The van der Waals surface area contributed by atoms with Gasteiger partial charge in [0.25, 0.3) is 10.1 Å². The molecule has 0 saturated carbocycles. The Balaban J connectivity index is 0.00000144. The second-order valence-corrected chi connectivity index (χ2v) is 4.37. The summed E-state index contributed by atoms with van der Waals surface area (Å²) in [7, 11) is -4.22. The predicted molar refractivity (Wildman–Crippen MR) is 53.5 cm³/mol. The van der Waals surface area contributed by atoms with Gasteiger partial charge >= 0.3 is 0 Å². The molecule has 0 radical (unpaired) electrons. The fraction of sp³-hybridized carbons (Fsp3) is 0. The zero-order valence-electron chi connectivity index (χ0n) is 6.07. The van der Waals surface area contributed by atoms with Gasteiger partial charge in [-0.1, -0.05) is 23.2 Å². The van der Waals surface area contributed by atoms with E-state index in [0.717, 1.165) is 12.1 Å². The van der Waals surface area contributed by atoms with Crippen molar-refractivity contribution in [2.24, 2.45) is 0 Å². The van der Waals surface area contributed by atoms with Gasteiger partial charge in [0, 0.05) is 10.0 Å². The van der Waals surface area contributed by atoms with Gasteiger partial charge in [0.2, 0.25) is 0 Å². The second-order valence-electron chi connectivity index (χ2n) is 2.08. The minimum absolute atomic E-state index is 0. The minimum atomic E-state index is -4.22. The molecule has 7 heteroatoms. The van der Waals surface area contributed by atoms with Crippen molar-refractivity contribution < 1.29 is 13.0 Å². The topological polar surface area (TPSA) is 54.4 Å². The van der Waals surface area contributed by atoms with E-state index < -0.39 is 10.1 Å². The zero-order chi connectivity index (χ0) is 9.35. The van der Waals surface area contributed by atoms with Crippen LogP contribution in [0.1, 0.15) is 0 Å². The summed E-state index contributed by atoms with van der Waals surface area (Å²) < 4.78 is 29.7. The monoisotopic (exact) mass is 262 g/mol. The molecular weight excluding hydrogens is 258 g/mol. The van der Waals surface area contributed by atoms with E-state index in [1.54, 1.807) is 0 Å². The molecule has 0 heterocycles. The molecule has 1 aromatic rings. The van der Waals surface area contributed by atoms with Crippen LogP contribution in [-0.2, 0) is 10.1 Å². The first-order valence-corrected chi connectivity index (χ1v) is 5.03. The molecule has 0 fully saturated rings. The normalized spacial score (nSPS) is 10.7. The van der Waals surface area contributed by atoms with Crippen molar-refractivity contribution in [3.05, 3.63) is 28.2 Å². The Hall–Kier alpha value is -0.000000000000000139. The molecule has 0 unspecified atom stereocenters. The van der Waals surface area contributed by atoms with Crippen LogP contribution in [0.3, 0.4) is 0 Å². The Morgan fingerprint density at radius 3 is 1.77 bits per heavy atom. The highest BCUT2D eigenvalue weighted by molar-refractivity contribution is 7.85. The third-order valence-corrected chi connectivity index (χ3v) is 2.40. The molecule has 74 valence electrons. The van der Waals surface area contributed by atoms with E-state index in [-0.39, 0.29) is 27.3 Å². The largest absolute Gasteiger partial charge is 0.294 e. The van der Waals surface area contributed by atoms with Gasteiger partial charge in [0.1, 0.15) is 0 Å². The minimum Gasteiger partial charge on any atom is -0.282 e. The van der Waals surface area contributed by atoms with Gasteiger partial charge in [-0.15, -0.1) is 12.4 Å². The third kappa shape index (κ3) is 3.70. The third-order valence-electron chi connectivity index (χ3n) is 1.13. The summed E-state index contributed by atoms with van der Waals surface area (Å²) >= 11 is 11.0. The fourth-order valence-electron chi connectivity index (χ4n) is 0.677. The lowest BCUT2D eigenvalue weighted by Gasteiger charge is -1.98. The first-order chi connectivity index (χ1) is 5.39. The highest BCUT2D eigenvalue weighted by atomic mass is 35.5. The van der Waals surface area contributed by atoms with Crippen molar-refractivity contribution in [2.75, 3.05) is 0 Å². The predicted octanol–water partition coefficient (Wildman–Crippen LogP) is 2.66. The summed E-state index contributed by atoms with van der Waals surface area (Å²) in [6.07, 6.45) is 0. The Kier molecular flexibility index (Phi) is 4.48. The van der Waals surface area contributed by atoms with Crippen molar-refractivity contribution in [2.45, 2.75) is 4.90 Å². The second kappa shape index (κ2) is 4.48. The number of halogens is 3. The highest BCUT2D eigenvalue weighted by Gasteiger charge is 2.10. The van der Waals surface area contributed by atoms with Crippen molar-refractivity contribution in [1.29, 1.82) is 0 Å². The highest BCUT2D eigenvalue weighted by Crippen LogP contribution is 2.21. The standard InChI is InChI=1S/C6H4Cl2O3S.ClH/c7-4-1-5(8)3-6(2-4)12(9,10)11;/h1-3H,(H,9,10,11);1H. The molecule has 1 aromatic carbocycles. The fourth-order valence-corrected chi connectivity index (χ4v) is 1.88. The zero-order valence-corrected chi connectivity index (χ0v) is 9.21. The number of hydrogen-bond acceptors (Lipinski definition) is 2. The maximum absolute atomic E-state index is 10.6. The molecule has 1 rings (SSSR count). The molecule has 0 aromatic heterocycles. The van der Waals surface area contributed by atoms with Gasteiger partial charge in [0.05, 0.1) is 4.90 Å². The maximum Gasteiger partial charge on any atom is 0.294 e. The molecule has 0 aliphatic rings. The lowest BCUT2D eigenvalue weighted by atomic mass is 10.4. The maximum atomic E-state index is 10.6. The molecule has 0 saturated heterocycles. The summed E-state index contributed by atoms with van der Waals surface area (Å²) in [6.45, 7) is 0. The van der Waals surface area contributed by atoms with E-state index in [9.17, 15) is 8.42 Å². The molecule has 1 N–H and O–H groups in total. The number of benzene rings is 1. The molecule has 0 amide bonds. The average Bonchev–Trinajstić information content (AvgIpc) is 1.82. The lowest BCUT2D eigenvalue weighted by molar-refractivity contribution is 0.483. The van der Waals surface area contributed by atoms with E-state index >= 15 is 0 Å². The van der Waals surface area contributed by atoms with Crippen molar-refractivity contribution >= 4 is 45.7 Å². The van der Waals surface area contributed by atoms with Crippen LogP contribution >= 0.6 is 35.6 Å². The molecular formula is C6H5Cl3O3S.